The Morgan fingerprint density at radius 1 is 1.26 bits per heavy atom. The molecule has 1 aromatic carbocycles. The van der Waals surface area contributed by atoms with Crippen LogP contribution in [-0.2, 0) is 6.42 Å². The highest BCUT2D eigenvalue weighted by Crippen LogP contribution is 2.42. The van der Waals surface area contributed by atoms with Crippen LogP contribution in [0.5, 0.6) is 0 Å². The van der Waals surface area contributed by atoms with Gasteiger partial charge in [-0.15, -0.1) is 0 Å². The first-order chi connectivity index (χ1) is 18.1. The second kappa shape index (κ2) is 13.0. The molecule has 0 radical (unpaired) electrons. The number of amidine groups is 1. The number of benzene rings is 1. The predicted octanol–water partition coefficient (Wildman–Crippen LogP) is 4.87. The lowest BCUT2D eigenvalue weighted by atomic mass is 9.76. The number of hydrogen-bond acceptors (Lipinski definition) is 5. The first-order valence-electron chi connectivity index (χ1n) is 14.1. The van der Waals surface area contributed by atoms with Crippen LogP contribution >= 0.6 is 0 Å². The van der Waals surface area contributed by atoms with Crippen LogP contribution in [0, 0.1) is 28.0 Å². The molecule has 2 aliphatic rings. The zero-order valence-electron chi connectivity index (χ0n) is 24.1. The highest BCUT2D eigenvalue weighted by atomic mass is 19.1. The molecule has 2 fully saturated rings. The van der Waals surface area contributed by atoms with Gasteiger partial charge in [0, 0.05) is 67.9 Å². The van der Waals surface area contributed by atoms with Crippen LogP contribution in [0.3, 0.4) is 0 Å². The van der Waals surface area contributed by atoms with E-state index in [0.29, 0.717) is 29.9 Å². The fourth-order valence-electron chi connectivity index (χ4n) is 6.36. The van der Waals surface area contributed by atoms with Crippen LogP contribution in [0.2, 0.25) is 0 Å². The van der Waals surface area contributed by atoms with Gasteiger partial charge in [-0.1, -0.05) is 26.5 Å². The van der Waals surface area contributed by atoms with Crippen LogP contribution in [0.4, 0.5) is 4.39 Å². The van der Waals surface area contributed by atoms with Gasteiger partial charge >= 0.3 is 0 Å². The minimum atomic E-state index is -0.313. The first-order valence-corrected chi connectivity index (χ1v) is 14.1. The maximum absolute atomic E-state index is 14.3. The molecule has 1 spiro atoms. The molecule has 2 saturated heterocycles. The zero-order valence-corrected chi connectivity index (χ0v) is 24.1. The standard InChI is InChI=1S/C30H48FN7/c1-7-38(22(4)5)23(6)26-16-25(31)11-10-24(26)15-27(34)29(35-20-33)36-14-12-30(17-36)18-37(19-30)28(21(2)3)9-8-13-32/h10-11,16,20-22,28,33-34H,6-9,12-15,17-19,32H2,1-5H3/b33-20?,34-27?,35-29+. The molecular weight excluding hydrogens is 477 g/mol. The third-order valence-electron chi connectivity index (χ3n) is 8.27. The fraction of sp³-hybridized carbons (Fsp3) is 0.633. The molecule has 2 aliphatic heterocycles. The Hall–Kier alpha value is -2.58. The third-order valence-corrected chi connectivity index (χ3v) is 8.27. The Morgan fingerprint density at radius 3 is 2.55 bits per heavy atom. The zero-order chi connectivity index (χ0) is 28.0. The molecule has 8 heteroatoms. The number of aliphatic imine (C=N–C) groups is 1. The molecule has 0 aliphatic carbocycles. The largest absolute Gasteiger partial charge is 0.369 e. The molecule has 1 unspecified atom stereocenters. The van der Waals surface area contributed by atoms with E-state index < -0.39 is 0 Å². The molecule has 3 rings (SSSR count). The number of likely N-dealkylation sites (tertiary alicyclic amines) is 2. The SMILES string of the molecule is C=C(c1cc(F)ccc1CC(=N)/C(=N\C=N)N1CCC2(C1)CN(C(CCCN)C(C)C)C2)N(CC)C(C)C. The predicted molar refractivity (Wildman–Crippen MR) is 158 cm³/mol. The fourth-order valence-corrected chi connectivity index (χ4v) is 6.36. The number of nitrogens with zero attached hydrogens (tertiary/aromatic N) is 4. The van der Waals surface area contributed by atoms with Gasteiger partial charge in [0.15, 0.2) is 5.84 Å². The number of hydrogen-bond donors (Lipinski definition) is 3. The summed E-state index contributed by atoms with van der Waals surface area (Å²) in [5.41, 5.74) is 8.68. The minimum Gasteiger partial charge on any atom is -0.369 e. The molecular formula is C30H48FN7. The van der Waals surface area contributed by atoms with Crippen molar-refractivity contribution in [3.63, 3.8) is 0 Å². The topological polar surface area (TPSA) is 95.8 Å². The Morgan fingerprint density at radius 2 is 1.97 bits per heavy atom. The minimum absolute atomic E-state index is 0.215. The van der Waals surface area contributed by atoms with Crippen molar-refractivity contribution >= 4 is 23.6 Å². The van der Waals surface area contributed by atoms with Crippen molar-refractivity contribution in [3.8, 4) is 0 Å². The average Bonchev–Trinajstić information content (AvgIpc) is 3.28. The summed E-state index contributed by atoms with van der Waals surface area (Å²) < 4.78 is 14.3. The molecule has 7 nitrogen and oxygen atoms in total. The number of nitrogens with one attached hydrogen (secondary N) is 2. The maximum atomic E-state index is 14.3. The van der Waals surface area contributed by atoms with E-state index in [-0.39, 0.29) is 17.3 Å². The van der Waals surface area contributed by atoms with Crippen molar-refractivity contribution in [1.29, 1.82) is 10.8 Å². The third kappa shape index (κ3) is 6.70. The van der Waals surface area contributed by atoms with Gasteiger partial charge in [-0.3, -0.25) is 10.3 Å². The number of halogens is 1. The molecule has 38 heavy (non-hydrogen) atoms. The van der Waals surface area contributed by atoms with Crippen molar-refractivity contribution in [2.45, 2.75) is 72.4 Å². The van der Waals surface area contributed by atoms with Gasteiger partial charge in [-0.05, 0) is 70.2 Å². The van der Waals surface area contributed by atoms with Crippen LogP contribution < -0.4 is 5.73 Å². The van der Waals surface area contributed by atoms with Gasteiger partial charge in [-0.2, -0.15) is 0 Å². The van der Waals surface area contributed by atoms with E-state index in [1.54, 1.807) is 6.07 Å². The van der Waals surface area contributed by atoms with Gasteiger partial charge in [-0.25, -0.2) is 9.38 Å². The Bertz CT molecular complexity index is 1030. The van der Waals surface area contributed by atoms with Gasteiger partial charge in [0.25, 0.3) is 0 Å². The lowest BCUT2D eigenvalue weighted by Crippen LogP contribution is -2.62. The summed E-state index contributed by atoms with van der Waals surface area (Å²) in [5.74, 6) is 0.835. The van der Waals surface area contributed by atoms with Crippen molar-refractivity contribution in [2.24, 2.45) is 22.1 Å². The van der Waals surface area contributed by atoms with Gasteiger partial charge in [0.05, 0.1) is 5.71 Å². The van der Waals surface area contributed by atoms with Crippen molar-refractivity contribution in [1.82, 2.24) is 14.7 Å². The molecule has 0 aromatic heterocycles. The number of nitrogens with two attached hydrogens (primary N) is 1. The Kier molecular flexibility index (Phi) is 10.2. The maximum Gasteiger partial charge on any atom is 0.151 e. The molecule has 1 aromatic rings. The summed E-state index contributed by atoms with van der Waals surface area (Å²) in [6.45, 7) is 20.4. The summed E-state index contributed by atoms with van der Waals surface area (Å²) in [7, 11) is 0. The molecule has 1 atom stereocenters. The van der Waals surface area contributed by atoms with Crippen LogP contribution in [0.15, 0.2) is 29.8 Å². The summed E-state index contributed by atoms with van der Waals surface area (Å²) in [6, 6.07) is 5.51. The molecule has 2 heterocycles. The van der Waals surface area contributed by atoms with Crippen molar-refractivity contribution in [3.05, 3.63) is 41.7 Å². The van der Waals surface area contributed by atoms with Gasteiger partial charge < -0.3 is 20.9 Å². The molecule has 0 amide bonds. The van der Waals surface area contributed by atoms with E-state index in [0.717, 1.165) is 81.7 Å². The summed E-state index contributed by atoms with van der Waals surface area (Å²) in [4.78, 5) is 11.3. The van der Waals surface area contributed by atoms with E-state index in [1.165, 1.54) is 12.1 Å². The highest BCUT2D eigenvalue weighted by Gasteiger charge is 2.50. The van der Waals surface area contributed by atoms with Crippen LogP contribution in [0.1, 0.15) is 65.0 Å². The molecule has 4 N–H and O–H groups in total. The molecule has 0 bridgehead atoms. The highest BCUT2D eigenvalue weighted by molar-refractivity contribution is 6.41. The van der Waals surface area contributed by atoms with E-state index >= 15 is 0 Å². The van der Waals surface area contributed by atoms with Crippen molar-refractivity contribution in [2.75, 3.05) is 39.3 Å². The normalized spacial score (nSPS) is 18.2. The Labute approximate surface area is 229 Å². The number of rotatable bonds is 13. The van der Waals surface area contributed by atoms with Crippen LogP contribution in [-0.4, -0.2) is 83.9 Å². The van der Waals surface area contributed by atoms with E-state index in [2.05, 4.69) is 60.9 Å². The van der Waals surface area contributed by atoms with E-state index in [1.807, 2.05) is 0 Å². The van der Waals surface area contributed by atoms with Crippen molar-refractivity contribution < 1.29 is 4.39 Å². The van der Waals surface area contributed by atoms with E-state index in [4.69, 9.17) is 16.6 Å². The Balaban J connectivity index is 1.73. The first kappa shape index (κ1) is 30.0. The second-order valence-corrected chi connectivity index (χ2v) is 11.7. The van der Waals surface area contributed by atoms with E-state index in [9.17, 15) is 4.39 Å². The lowest BCUT2D eigenvalue weighted by molar-refractivity contribution is -0.0378. The monoisotopic (exact) mass is 525 g/mol. The van der Waals surface area contributed by atoms with Gasteiger partial charge in [0.2, 0.25) is 0 Å². The van der Waals surface area contributed by atoms with Crippen LogP contribution in [0.25, 0.3) is 5.70 Å². The quantitative estimate of drug-likeness (QED) is 0.253. The summed E-state index contributed by atoms with van der Waals surface area (Å²) in [5, 5.41) is 16.7. The molecule has 0 saturated carbocycles. The summed E-state index contributed by atoms with van der Waals surface area (Å²) >= 11 is 0. The second-order valence-electron chi connectivity index (χ2n) is 11.7. The smallest absolute Gasteiger partial charge is 0.151 e. The lowest BCUT2D eigenvalue weighted by Gasteiger charge is -2.53. The molecule has 210 valence electrons. The average molecular weight is 526 g/mol. The van der Waals surface area contributed by atoms with Gasteiger partial charge in [0.1, 0.15) is 12.2 Å². The summed E-state index contributed by atoms with van der Waals surface area (Å²) in [6.07, 6.45) is 4.59.